The van der Waals surface area contributed by atoms with Crippen LogP contribution in [0.25, 0.3) is 11.1 Å². The SMILES string of the molecule is C/C(CC/C(=N/OC(=O)C1CCCCC1)c1ccc(-c2ccccc2)cc1)=N/OC(=O)C1CCCCC1. The Labute approximate surface area is 220 Å². The number of carbonyl (C=O) groups excluding carboxylic acids is 2. The van der Waals surface area contributed by atoms with Crippen LogP contribution in [0.15, 0.2) is 64.9 Å². The van der Waals surface area contributed by atoms with Crippen LogP contribution >= 0.6 is 0 Å². The van der Waals surface area contributed by atoms with Gasteiger partial charge in [-0.05, 0) is 62.1 Å². The first-order valence-corrected chi connectivity index (χ1v) is 13.8. The number of hydrogen-bond acceptors (Lipinski definition) is 6. The van der Waals surface area contributed by atoms with E-state index < -0.39 is 0 Å². The summed E-state index contributed by atoms with van der Waals surface area (Å²) in [7, 11) is 0. The lowest BCUT2D eigenvalue weighted by atomic mass is 9.89. The van der Waals surface area contributed by atoms with E-state index in [-0.39, 0.29) is 23.8 Å². The first-order chi connectivity index (χ1) is 18.1. The number of carbonyl (C=O) groups is 2. The fourth-order valence-corrected chi connectivity index (χ4v) is 5.12. The lowest BCUT2D eigenvalue weighted by Gasteiger charge is -2.18. The number of oxime groups is 2. The third kappa shape index (κ3) is 8.11. The van der Waals surface area contributed by atoms with Gasteiger partial charge in [0.15, 0.2) is 0 Å². The van der Waals surface area contributed by atoms with E-state index >= 15 is 0 Å². The normalized spacial score (nSPS) is 17.9. The second-order valence-corrected chi connectivity index (χ2v) is 10.3. The van der Waals surface area contributed by atoms with Gasteiger partial charge < -0.3 is 9.68 Å². The van der Waals surface area contributed by atoms with Gasteiger partial charge in [-0.25, -0.2) is 9.59 Å². The van der Waals surface area contributed by atoms with Crippen molar-refractivity contribution in [2.75, 3.05) is 0 Å². The average molecular weight is 503 g/mol. The Morgan fingerprint density at radius 3 is 1.76 bits per heavy atom. The minimum atomic E-state index is -0.245. The van der Waals surface area contributed by atoms with E-state index in [2.05, 4.69) is 34.6 Å². The summed E-state index contributed by atoms with van der Waals surface area (Å²) in [5, 5.41) is 8.41. The van der Waals surface area contributed by atoms with Crippen molar-refractivity contribution in [3.8, 4) is 11.1 Å². The van der Waals surface area contributed by atoms with Gasteiger partial charge in [0.2, 0.25) is 0 Å². The van der Waals surface area contributed by atoms with Crippen LogP contribution in [0.5, 0.6) is 0 Å². The zero-order chi connectivity index (χ0) is 25.9. The maximum absolute atomic E-state index is 12.6. The van der Waals surface area contributed by atoms with E-state index in [0.717, 1.165) is 68.1 Å². The van der Waals surface area contributed by atoms with E-state index in [1.807, 2.05) is 37.3 Å². The Morgan fingerprint density at radius 1 is 0.676 bits per heavy atom. The minimum absolute atomic E-state index is 0.0373. The van der Waals surface area contributed by atoms with Gasteiger partial charge in [0.05, 0.1) is 23.3 Å². The highest BCUT2D eigenvalue weighted by Crippen LogP contribution is 2.26. The Balaban J connectivity index is 1.42. The molecule has 0 saturated heterocycles. The molecule has 196 valence electrons. The van der Waals surface area contributed by atoms with Crippen molar-refractivity contribution < 1.29 is 19.3 Å². The van der Waals surface area contributed by atoms with Gasteiger partial charge in [-0.3, -0.25) is 0 Å². The molecule has 0 spiro atoms. The highest BCUT2D eigenvalue weighted by Gasteiger charge is 2.24. The van der Waals surface area contributed by atoms with Gasteiger partial charge in [0.1, 0.15) is 0 Å². The molecule has 2 fully saturated rings. The summed E-state index contributed by atoms with van der Waals surface area (Å²) in [5.41, 5.74) is 4.52. The van der Waals surface area contributed by atoms with Crippen LogP contribution in [0.1, 0.15) is 89.5 Å². The monoisotopic (exact) mass is 502 g/mol. The molecule has 6 heteroatoms. The predicted octanol–water partition coefficient (Wildman–Crippen LogP) is 7.46. The van der Waals surface area contributed by atoms with Crippen LogP contribution in [-0.2, 0) is 19.3 Å². The van der Waals surface area contributed by atoms with Crippen molar-refractivity contribution in [2.24, 2.45) is 22.1 Å². The molecule has 2 aromatic carbocycles. The van der Waals surface area contributed by atoms with E-state index in [4.69, 9.17) is 9.68 Å². The van der Waals surface area contributed by atoms with Crippen molar-refractivity contribution in [2.45, 2.75) is 84.0 Å². The van der Waals surface area contributed by atoms with Gasteiger partial charge in [-0.1, -0.05) is 103 Å². The van der Waals surface area contributed by atoms with E-state index in [1.165, 1.54) is 12.8 Å². The molecule has 0 atom stereocenters. The van der Waals surface area contributed by atoms with Gasteiger partial charge >= 0.3 is 11.9 Å². The third-order valence-corrected chi connectivity index (χ3v) is 7.46. The third-order valence-electron chi connectivity index (χ3n) is 7.46. The van der Waals surface area contributed by atoms with Crippen molar-refractivity contribution >= 4 is 23.4 Å². The molecule has 0 aliphatic heterocycles. The van der Waals surface area contributed by atoms with Crippen molar-refractivity contribution in [1.29, 1.82) is 0 Å². The molecule has 2 saturated carbocycles. The maximum Gasteiger partial charge on any atom is 0.338 e. The molecule has 2 aliphatic carbocycles. The summed E-state index contributed by atoms with van der Waals surface area (Å²) in [5.74, 6) is -0.581. The largest absolute Gasteiger partial charge is 0.338 e. The molecular weight excluding hydrogens is 464 g/mol. The number of rotatable bonds is 9. The second kappa shape index (κ2) is 13.9. The summed E-state index contributed by atoms with van der Waals surface area (Å²) in [6.07, 6.45) is 11.2. The number of nitrogens with zero attached hydrogens (tertiary/aromatic N) is 2. The smallest absolute Gasteiger partial charge is 0.318 e. The fourth-order valence-electron chi connectivity index (χ4n) is 5.12. The summed E-state index contributed by atoms with van der Waals surface area (Å²) in [6.45, 7) is 1.85. The molecule has 0 radical (unpaired) electrons. The molecule has 0 unspecified atom stereocenters. The standard InChI is InChI=1S/C31H38N2O4/c1-23(32-36-30(34)27-13-7-3-8-14-27)17-22-29(33-37-31(35)28-15-9-4-10-16-28)26-20-18-25(19-21-26)24-11-5-2-6-12-24/h2,5-6,11-12,18-21,27-28H,3-4,7-10,13-17,22H2,1H3/b32-23-,33-29-. The topological polar surface area (TPSA) is 77.3 Å². The summed E-state index contributed by atoms with van der Waals surface area (Å²) in [6, 6.07) is 18.3. The highest BCUT2D eigenvalue weighted by atomic mass is 16.7. The number of benzene rings is 2. The average Bonchev–Trinajstić information content (AvgIpc) is 2.97. The number of hydrogen-bond donors (Lipinski definition) is 0. The second-order valence-electron chi connectivity index (χ2n) is 10.3. The Kier molecular flexibility index (Phi) is 10.0. The quantitative estimate of drug-likeness (QED) is 0.202. The van der Waals surface area contributed by atoms with Gasteiger partial charge in [-0.2, -0.15) is 0 Å². The van der Waals surface area contributed by atoms with Crippen LogP contribution in [0.3, 0.4) is 0 Å². The molecule has 0 aromatic heterocycles. The van der Waals surface area contributed by atoms with Crippen LogP contribution in [0.2, 0.25) is 0 Å². The van der Waals surface area contributed by atoms with Crippen LogP contribution < -0.4 is 0 Å². The van der Waals surface area contributed by atoms with E-state index in [9.17, 15) is 9.59 Å². The van der Waals surface area contributed by atoms with Crippen LogP contribution in [0, 0.1) is 11.8 Å². The first-order valence-electron chi connectivity index (χ1n) is 13.8. The lowest BCUT2D eigenvalue weighted by molar-refractivity contribution is -0.150. The van der Waals surface area contributed by atoms with Crippen LogP contribution in [0.4, 0.5) is 0 Å². The van der Waals surface area contributed by atoms with Gasteiger partial charge in [0.25, 0.3) is 0 Å². The van der Waals surface area contributed by atoms with Gasteiger partial charge in [-0.15, -0.1) is 0 Å². The molecule has 2 aliphatic rings. The molecule has 2 aromatic rings. The zero-order valence-electron chi connectivity index (χ0n) is 21.9. The van der Waals surface area contributed by atoms with Crippen molar-refractivity contribution in [3.63, 3.8) is 0 Å². The predicted molar refractivity (Wildman–Crippen MR) is 146 cm³/mol. The Morgan fingerprint density at radius 2 is 1.19 bits per heavy atom. The molecule has 0 heterocycles. The summed E-state index contributed by atoms with van der Waals surface area (Å²) >= 11 is 0. The Bertz CT molecular complexity index is 1080. The van der Waals surface area contributed by atoms with Crippen LogP contribution in [-0.4, -0.2) is 23.4 Å². The molecular formula is C31H38N2O4. The molecule has 4 rings (SSSR count). The zero-order valence-corrected chi connectivity index (χ0v) is 21.9. The molecule has 0 N–H and O–H groups in total. The highest BCUT2D eigenvalue weighted by molar-refractivity contribution is 6.02. The minimum Gasteiger partial charge on any atom is -0.318 e. The molecule has 6 nitrogen and oxygen atoms in total. The van der Waals surface area contributed by atoms with Gasteiger partial charge in [0, 0.05) is 0 Å². The summed E-state index contributed by atoms with van der Waals surface area (Å²) in [4.78, 5) is 35.7. The fraction of sp³-hybridized carbons (Fsp3) is 0.484. The van der Waals surface area contributed by atoms with Crippen molar-refractivity contribution in [3.05, 3.63) is 60.2 Å². The summed E-state index contributed by atoms with van der Waals surface area (Å²) < 4.78 is 0. The maximum atomic E-state index is 12.6. The Hall–Kier alpha value is -3.28. The molecule has 0 bridgehead atoms. The molecule has 37 heavy (non-hydrogen) atoms. The lowest BCUT2D eigenvalue weighted by Crippen LogP contribution is -2.19. The first kappa shape index (κ1) is 26.8. The van der Waals surface area contributed by atoms with E-state index in [1.54, 1.807) is 0 Å². The van der Waals surface area contributed by atoms with E-state index in [0.29, 0.717) is 24.3 Å². The van der Waals surface area contributed by atoms with Crippen molar-refractivity contribution in [1.82, 2.24) is 0 Å². The molecule has 0 amide bonds.